The summed E-state index contributed by atoms with van der Waals surface area (Å²) in [6, 6.07) is 17.4. The molecule has 158 valence electrons. The minimum atomic E-state index is 0.0219. The molecule has 4 rings (SSSR count). The summed E-state index contributed by atoms with van der Waals surface area (Å²) in [5, 5.41) is 13.6. The minimum Gasteiger partial charge on any atom is -0.493 e. The predicted octanol–water partition coefficient (Wildman–Crippen LogP) is 6.44. The summed E-state index contributed by atoms with van der Waals surface area (Å²) in [6.45, 7) is 0.634. The van der Waals surface area contributed by atoms with Crippen molar-refractivity contribution in [2.75, 3.05) is 5.32 Å². The monoisotopic (exact) mass is 449 g/mol. The molecule has 0 fully saturated rings. The van der Waals surface area contributed by atoms with Crippen LogP contribution in [0.1, 0.15) is 36.1 Å². The number of para-hydroxylation sites is 2. The Morgan fingerprint density at radius 1 is 1.10 bits per heavy atom. The maximum atomic E-state index is 12.0. The van der Waals surface area contributed by atoms with Crippen LogP contribution in [0.25, 0.3) is 11.6 Å². The van der Waals surface area contributed by atoms with E-state index in [4.69, 9.17) is 12.2 Å². The number of carbonyl (C=O) groups is 1. The van der Waals surface area contributed by atoms with E-state index in [0.29, 0.717) is 16.9 Å². The van der Waals surface area contributed by atoms with Gasteiger partial charge in [0.2, 0.25) is 11.8 Å². The van der Waals surface area contributed by atoms with Crippen molar-refractivity contribution in [3.8, 4) is 5.88 Å². The second-order valence-electron chi connectivity index (χ2n) is 7.31. The lowest BCUT2D eigenvalue weighted by Gasteiger charge is -2.06. The number of aromatic hydroxyl groups is 1. The first-order chi connectivity index (χ1) is 15.1. The fourth-order valence-electron chi connectivity index (χ4n) is 3.48. The number of carbonyl (C=O) groups excluding carboxylic acids is 1. The van der Waals surface area contributed by atoms with Gasteiger partial charge in [-0.3, -0.25) is 14.4 Å². The van der Waals surface area contributed by atoms with Gasteiger partial charge in [-0.15, -0.1) is 11.3 Å². The zero-order chi connectivity index (χ0) is 21.6. The Morgan fingerprint density at radius 2 is 1.87 bits per heavy atom. The summed E-state index contributed by atoms with van der Waals surface area (Å²) in [6.07, 6.45) is 6.76. The van der Waals surface area contributed by atoms with Crippen LogP contribution in [0.4, 0.5) is 11.4 Å². The van der Waals surface area contributed by atoms with E-state index >= 15 is 0 Å². The van der Waals surface area contributed by atoms with Crippen LogP contribution in [0, 0.1) is 3.95 Å². The van der Waals surface area contributed by atoms with E-state index in [1.807, 2.05) is 66.9 Å². The molecule has 3 aromatic rings. The summed E-state index contributed by atoms with van der Waals surface area (Å²) >= 11 is 6.86. The maximum Gasteiger partial charge on any atom is 0.224 e. The van der Waals surface area contributed by atoms with Crippen molar-refractivity contribution in [3.05, 3.63) is 69.0 Å². The number of anilines is 1. The van der Waals surface area contributed by atoms with Gasteiger partial charge >= 0.3 is 0 Å². The molecule has 0 atom stereocenters. The highest BCUT2D eigenvalue weighted by atomic mass is 32.1. The zero-order valence-corrected chi connectivity index (χ0v) is 18.6. The molecule has 2 aromatic carbocycles. The average Bonchev–Trinajstić information content (AvgIpc) is 3.30. The van der Waals surface area contributed by atoms with Crippen molar-refractivity contribution >= 4 is 58.7 Å². The van der Waals surface area contributed by atoms with Crippen molar-refractivity contribution in [1.29, 1.82) is 0 Å². The SMILES string of the molecule is O=C(CCCCCn1c(O)c(/C=C2\C=Nc3ccccc32)sc1=S)Nc1ccccc1. The molecule has 0 saturated carbocycles. The standard InChI is InChI=1S/C24H23N3O2S2/c28-22(26-18-9-3-1-4-10-18)13-5-2-8-14-27-23(29)21(31-24(27)30)15-17-16-25-20-12-7-6-11-19(17)20/h1,3-4,6-7,9-12,15-16,29H,2,5,8,13-14H2,(H,26,28)/b17-15+. The van der Waals surface area contributed by atoms with Gasteiger partial charge in [0, 0.05) is 36.0 Å². The normalized spacial score (nSPS) is 13.5. The molecule has 0 unspecified atom stereocenters. The first-order valence-corrected chi connectivity index (χ1v) is 11.5. The fraction of sp³-hybridized carbons (Fsp3) is 0.208. The molecular weight excluding hydrogens is 426 g/mol. The molecule has 0 saturated heterocycles. The number of unbranched alkanes of at least 4 members (excludes halogenated alkanes) is 2. The third kappa shape index (κ3) is 5.18. The summed E-state index contributed by atoms with van der Waals surface area (Å²) in [5.41, 5.74) is 3.78. The molecule has 2 heterocycles. The number of aliphatic imine (C=N–C) groups is 1. The smallest absolute Gasteiger partial charge is 0.224 e. The van der Waals surface area contributed by atoms with Crippen molar-refractivity contribution in [3.63, 3.8) is 0 Å². The highest BCUT2D eigenvalue weighted by Crippen LogP contribution is 2.35. The Balaban J connectivity index is 1.30. The molecule has 5 nitrogen and oxygen atoms in total. The number of nitrogens with one attached hydrogen (secondary N) is 1. The molecule has 1 aromatic heterocycles. The Kier molecular flexibility index (Phi) is 6.74. The van der Waals surface area contributed by atoms with Gasteiger partial charge in [0.15, 0.2) is 3.95 Å². The van der Waals surface area contributed by atoms with Gasteiger partial charge in [-0.1, -0.05) is 42.8 Å². The lowest BCUT2D eigenvalue weighted by molar-refractivity contribution is -0.116. The third-order valence-corrected chi connectivity index (χ3v) is 6.47. The van der Waals surface area contributed by atoms with Crippen LogP contribution in [0.15, 0.2) is 59.6 Å². The van der Waals surface area contributed by atoms with E-state index in [9.17, 15) is 9.90 Å². The number of hydrogen-bond acceptors (Lipinski definition) is 5. The van der Waals surface area contributed by atoms with Crippen LogP contribution in [-0.2, 0) is 11.3 Å². The number of hydrogen-bond donors (Lipinski definition) is 2. The second-order valence-corrected chi connectivity index (χ2v) is 8.98. The molecule has 0 aliphatic carbocycles. The van der Waals surface area contributed by atoms with Gasteiger partial charge in [-0.2, -0.15) is 0 Å². The van der Waals surface area contributed by atoms with Gasteiger partial charge < -0.3 is 10.4 Å². The molecule has 0 spiro atoms. The Bertz CT molecular complexity index is 1190. The number of amides is 1. The van der Waals surface area contributed by atoms with Crippen LogP contribution in [0.3, 0.4) is 0 Å². The van der Waals surface area contributed by atoms with Gasteiger partial charge in [-0.25, -0.2) is 0 Å². The van der Waals surface area contributed by atoms with E-state index in [-0.39, 0.29) is 11.8 Å². The van der Waals surface area contributed by atoms with E-state index in [2.05, 4.69) is 10.3 Å². The molecule has 2 N–H and O–H groups in total. The van der Waals surface area contributed by atoms with E-state index in [1.54, 1.807) is 4.57 Å². The van der Waals surface area contributed by atoms with Crippen LogP contribution >= 0.6 is 23.6 Å². The number of rotatable bonds is 8. The van der Waals surface area contributed by atoms with Crippen molar-refractivity contribution < 1.29 is 9.90 Å². The topological polar surface area (TPSA) is 66.6 Å². The third-order valence-electron chi connectivity index (χ3n) is 5.08. The lowest BCUT2D eigenvalue weighted by atomic mass is 10.1. The van der Waals surface area contributed by atoms with E-state index in [0.717, 1.165) is 46.7 Å². The molecule has 1 amide bonds. The number of aromatic nitrogens is 1. The second kappa shape index (κ2) is 9.85. The van der Waals surface area contributed by atoms with Crippen molar-refractivity contribution in [2.24, 2.45) is 4.99 Å². The fourth-order valence-corrected chi connectivity index (χ4v) is 4.79. The molecule has 7 heteroatoms. The molecular formula is C24H23N3O2S2. The number of thiazole rings is 1. The maximum absolute atomic E-state index is 12.0. The van der Waals surface area contributed by atoms with Crippen LogP contribution in [0.5, 0.6) is 5.88 Å². The Labute approximate surface area is 190 Å². The molecule has 1 aliphatic rings. The van der Waals surface area contributed by atoms with Gasteiger partial charge in [0.25, 0.3) is 0 Å². The molecule has 0 radical (unpaired) electrons. The van der Waals surface area contributed by atoms with Crippen molar-refractivity contribution in [2.45, 2.75) is 32.2 Å². The number of fused-ring (bicyclic) bond motifs is 1. The van der Waals surface area contributed by atoms with Gasteiger partial charge in [0.05, 0.1) is 10.6 Å². The van der Waals surface area contributed by atoms with Gasteiger partial charge in [0.1, 0.15) is 0 Å². The largest absolute Gasteiger partial charge is 0.493 e. The Hall–Kier alpha value is -3.03. The van der Waals surface area contributed by atoms with Gasteiger partial charge in [-0.05, 0) is 49.3 Å². The summed E-state index contributed by atoms with van der Waals surface area (Å²) < 4.78 is 2.42. The summed E-state index contributed by atoms with van der Waals surface area (Å²) in [7, 11) is 0. The lowest BCUT2D eigenvalue weighted by Crippen LogP contribution is -2.10. The number of benzene rings is 2. The first kappa shape index (κ1) is 21.2. The highest BCUT2D eigenvalue weighted by Gasteiger charge is 2.15. The van der Waals surface area contributed by atoms with Crippen molar-refractivity contribution in [1.82, 2.24) is 4.57 Å². The molecule has 0 bridgehead atoms. The minimum absolute atomic E-state index is 0.0219. The number of allylic oxidation sites excluding steroid dienone is 1. The number of nitrogens with zero attached hydrogens (tertiary/aromatic N) is 2. The zero-order valence-electron chi connectivity index (χ0n) is 17.0. The highest BCUT2D eigenvalue weighted by molar-refractivity contribution is 7.73. The first-order valence-electron chi connectivity index (χ1n) is 10.2. The van der Waals surface area contributed by atoms with Crippen LogP contribution in [-0.4, -0.2) is 21.8 Å². The molecule has 31 heavy (non-hydrogen) atoms. The average molecular weight is 450 g/mol. The summed E-state index contributed by atoms with van der Waals surface area (Å²) in [4.78, 5) is 17.2. The van der Waals surface area contributed by atoms with Crippen LogP contribution < -0.4 is 5.32 Å². The predicted molar refractivity (Wildman–Crippen MR) is 131 cm³/mol. The summed E-state index contributed by atoms with van der Waals surface area (Å²) in [5.74, 6) is 0.218. The van der Waals surface area contributed by atoms with Crippen LogP contribution in [0.2, 0.25) is 0 Å². The quantitative estimate of drug-likeness (QED) is 0.307. The van der Waals surface area contributed by atoms with E-state index in [1.165, 1.54) is 11.3 Å². The Morgan fingerprint density at radius 3 is 2.71 bits per heavy atom. The molecule has 1 aliphatic heterocycles. The van der Waals surface area contributed by atoms with E-state index < -0.39 is 0 Å².